The van der Waals surface area contributed by atoms with Crippen molar-refractivity contribution < 1.29 is 28.2 Å². The number of methoxy groups -OCH3 is 1. The van der Waals surface area contributed by atoms with E-state index in [1.54, 1.807) is 0 Å². The summed E-state index contributed by atoms with van der Waals surface area (Å²) >= 11 is 0. The van der Waals surface area contributed by atoms with Crippen molar-refractivity contribution in [1.82, 2.24) is 0 Å². The van der Waals surface area contributed by atoms with Crippen molar-refractivity contribution in [3.05, 3.63) is 29.8 Å². The third-order valence-electron chi connectivity index (χ3n) is 2.37. The van der Waals surface area contributed by atoms with Gasteiger partial charge in [-0.05, 0) is 19.1 Å². The van der Waals surface area contributed by atoms with Crippen LogP contribution in [0.4, 0.5) is 14.5 Å². The Morgan fingerprint density at radius 1 is 1.28 bits per heavy atom. The predicted molar refractivity (Wildman–Crippen MR) is 58.0 cm³/mol. The van der Waals surface area contributed by atoms with Crippen molar-refractivity contribution >= 4 is 17.6 Å². The van der Waals surface area contributed by atoms with Crippen LogP contribution in [-0.4, -0.2) is 29.7 Å². The number of ether oxygens (including phenoxy) is 1. The molecule has 18 heavy (non-hydrogen) atoms. The van der Waals surface area contributed by atoms with Gasteiger partial charge in [0, 0.05) is 18.9 Å². The summed E-state index contributed by atoms with van der Waals surface area (Å²) in [5.74, 6) is -4.33. The molecule has 1 rings (SSSR count). The summed E-state index contributed by atoms with van der Waals surface area (Å²) in [6, 6.07) is 2.35. The van der Waals surface area contributed by atoms with Crippen molar-refractivity contribution in [3.8, 4) is 0 Å². The molecular formula is C11H11F2NO4. The molecule has 1 atom stereocenters. The smallest absolute Gasteiger partial charge is 0.345 e. The first kappa shape index (κ1) is 14.0. The molecule has 7 heteroatoms. The van der Waals surface area contributed by atoms with Crippen LogP contribution in [-0.2, 0) is 14.3 Å². The largest absolute Gasteiger partial charge is 0.479 e. The number of aliphatic carboxylic acids is 1. The third kappa shape index (κ3) is 2.80. The Hall–Kier alpha value is -2.02. The molecular weight excluding hydrogens is 248 g/mol. The van der Waals surface area contributed by atoms with Gasteiger partial charge in [0.2, 0.25) is 5.60 Å². The minimum absolute atomic E-state index is 0.193. The van der Waals surface area contributed by atoms with Gasteiger partial charge in [-0.3, -0.25) is 4.79 Å². The van der Waals surface area contributed by atoms with E-state index < -0.39 is 29.1 Å². The molecule has 98 valence electrons. The maximum absolute atomic E-state index is 12.9. The Morgan fingerprint density at radius 3 is 2.17 bits per heavy atom. The van der Waals surface area contributed by atoms with Crippen molar-refractivity contribution in [3.63, 3.8) is 0 Å². The lowest BCUT2D eigenvalue weighted by Gasteiger charge is -2.21. The van der Waals surface area contributed by atoms with E-state index in [1.165, 1.54) is 0 Å². The standard InChI is InChI=1S/C11H11F2NO4/c1-11(18-2,10(16)17)9(15)14-8-4-6(12)3-7(13)5-8/h3-5H,1-2H3,(H,14,15)(H,16,17). The second kappa shape index (κ2) is 5.09. The molecule has 1 aromatic rings. The monoisotopic (exact) mass is 259 g/mol. The van der Waals surface area contributed by atoms with Crippen LogP contribution in [0.5, 0.6) is 0 Å². The Bertz CT molecular complexity index is 472. The summed E-state index contributed by atoms with van der Waals surface area (Å²) in [4.78, 5) is 22.6. The van der Waals surface area contributed by atoms with Crippen molar-refractivity contribution in [2.75, 3.05) is 12.4 Å². The molecule has 0 aliphatic rings. The Kier molecular flexibility index (Phi) is 3.97. The third-order valence-corrected chi connectivity index (χ3v) is 2.37. The highest BCUT2D eigenvalue weighted by Crippen LogP contribution is 2.17. The molecule has 0 bridgehead atoms. The lowest BCUT2D eigenvalue weighted by molar-refractivity contribution is -0.165. The summed E-state index contributed by atoms with van der Waals surface area (Å²) < 4.78 is 30.3. The van der Waals surface area contributed by atoms with Gasteiger partial charge in [-0.15, -0.1) is 0 Å². The number of halogens is 2. The number of carbonyl (C=O) groups is 2. The zero-order chi connectivity index (χ0) is 13.9. The van der Waals surface area contributed by atoms with Crippen molar-refractivity contribution in [2.24, 2.45) is 0 Å². The van der Waals surface area contributed by atoms with E-state index in [0.29, 0.717) is 6.07 Å². The Balaban J connectivity index is 2.97. The normalized spacial score (nSPS) is 13.8. The van der Waals surface area contributed by atoms with Gasteiger partial charge in [0.15, 0.2) is 0 Å². The average molecular weight is 259 g/mol. The summed E-state index contributed by atoms with van der Waals surface area (Å²) in [5, 5.41) is 10.9. The number of carbonyl (C=O) groups excluding carboxylic acids is 1. The fraction of sp³-hybridized carbons (Fsp3) is 0.273. The molecule has 0 aliphatic carbocycles. The lowest BCUT2D eigenvalue weighted by Crippen LogP contribution is -2.48. The molecule has 0 saturated carbocycles. The number of benzene rings is 1. The lowest BCUT2D eigenvalue weighted by atomic mass is 10.1. The highest BCUT2D eigenvalue weighted by atomic mass is 19.1. The molecule has 2 N–H and O–H groups in total. The first-order valence-electron chi connectivity index (χ1n) is 4.85. The van der Waals surface area contributed by atoms with Crippen LogP contribution in [0.15, 0.2) is 18.2 Å². The number of carboxylic acid groups (broad SMARTS) is 1. The Labute approximate surface area is 101 Å². The van der Waals surface area contributed by atoms with Gasteiger partial charge in [-0.2, -0.15) is 0 Å². The zero-order valence-electron chi connectivity index (χ0n) is 9.66. The highest BCUT2D eigenvalue weighted by molar-refractivity contribution is 6.11. The van der Waals surface area contributed by atoms with Crippen molar-refractivity contribution in [2.45, 2.75) is 12.5 Å². The number of carboxylic acids is 1. The molecule has 1 aromatic carbocycles. The highest BCUT2D eigenvalue weighted by Gasteiger charge is 2.41. The number of hydrogen-bond donors (Lipinski definition) is 2. The maximum atomic E-state index is 12.9. The number of amides is 1. The molecule has 1 unspecified atom stereocenters. The first-order chi connectivity index (χ1) is 8.29. The van der Waals surface area contributed by atoms with Crippen LogP contribution < -0.4 is 5.32 Å². The van der Waals surface area contributed by atoms with Crippen LogP contribution in [0.25, 0.3) is 0 Å². The maximum Gasteiger partial charge on any atom is 0.345 e. The first-order valence-corrected chi connectivity index (χ1v) is 4.85. The quantitative estimate of drug-likeness (QED) is 0.801. The molecule has 0 aromatic heterocycles. The number of nitrogens with one attached hydrogen (secondary N) is 1. The molecule has 0 radical (unpaired) electrons. The van der Waals surface area contributed by atoms with Gasteiger partial charge in [0.05, 0.1) is 0 Å². The van der Waals surface area contributed by atoms with Gasteiger partial charge >= 0.3 is 5.97 Å². The SMILES string of the molecule is COC(C)(C(=O)O)C(=O)Nc1cc(F)cc(F)c1. The van der Waals surface area contributed by atoms with Gasteiger partial charge in [0.25, 0.3) is 5.91 Å². The number of anilines is 1. The van der Waals surface area contributed by atoms with E-state index in [9.17, 15) is 18.4 Å². The van der Waals surface area contributed by atoms with Gasteiger partial charge in [-0.1, -0.05) is 0 Å². The van der Waals surface area contributed by atoms with Crippen LogP contribution in [0, 0.1) is 11.6 Å². The molecule has 0 fully saturated rings. The molecule has 5 nitrogen and oxygen atoms in total. The number of hydrogen-bond acceptors (Lipinski definition) is 3. The van der Waals surface area contributed by atoms with E-state index in [-0.39, 0.29) is 5.69 Å². The fourth-order valence-corrected chi connectivity index (χ4v) is 1.15. The second-order valence-electron chi connectivity index (χ2n) is 3.65. The zero-order valence-corrected chi connectivity index (χ0v) is 9.66. The predicted octanol–water partition coefficient (Wildman–Crippen LogP) is 1.39. The van der Waals surface area contributed by atoms with Crippen molar-refractivity contribution in [1.29, 1.82) is 0 Å². The molecule has 0 spiro atoms. The van der Waals surface area contributed by atoms with Crippen LogP contribution in [0.2, 0.25) is 0 Å². The van der Waals surface area contributed by atoms with Crippen LogP contribution in [0.3, 0.4) is 0 Å². The van der Waals surface area contributed by atoms with E-state index in [2.05, 4.69) is 10.1 Å². The molecule has 0 aliphatic heterocycles. The van der Waals surface area contributed by atoms with E-state index in [0.717, 1.165) is 26.2 Å². The minimum atomic E-state index is -2.14. The topological polar surface area (TPSA) is 75.6 Å². The fourth-order valence-electron chi connectivity index (χ4n) is 1.15. The van der Waals surface area contributed by atoms with Crippen LogP contribution in [0.1, 0.15) is 6.92 Å². The summed E-state index contributed by atoms with van der Waals surface area (Å²) in [5.41, 5.74) is -2.33. The molecule has 0 saturated heterocycles. The van der Waals surface area contributed by atoms with E-state index >= 15 is 0 Å². The summed E-state index contributed by atoms with van der Waals surface area (Å²) in [6.45, 7) is 1.03. The molecule has 0 heterocycles. The number of rotatable bonds is 4. The summed E-state index contributed by atoms with van der Waals surface area (Å²) in [6.07, 6.45) is 0. The molecule has 1 amide bonds. The van der Waals surface area contributed by atoms with Gasteiger partial charge < -0.3 is 15.2 Å². The Morgan fingerprint density at radius 2 is 1.78 bits per heavy atom. The van der Waals surface area contributed by atoms with Gasteiger partial charge in [-0.25, -0.2) is 13.6 Å². The van der Waals surface area contributed by atoms with E-state index in [1.807, 2.05) is 0 Å². The average Bonchev–Trinajstić information content (AvgIpc) is 2.25. The minimum Gasteiger partial charge on any atom is -0.479 e. The second-order valence-corrected chi connectivity index (χ2v) is 3.65. The van der Waals surface area contributed by atoms with E-state index in [4.69, 9.17) is 5.11 Å². The van der Waals surface area contributed by atoms with Crippen LogP contribution >= 0.6 is 0 Å². The summed E-state index contributed by atoms with van der Waals surface area (Å²) in [7, 11) is 1.04. The van der Waals surface area contributed by atoms with Gasteiger partial charge in [0.1, 0.15) is 11.6 Å².